The van der Waals surface area contributed by atoms with E-state index in [9.17, 15) is 4.57 Å². The van der Waals surface area contributed by atoms with E-state index in [-0.39, 0.29) is 12.1 Å². The molecule has 102 valence electrons. The fourth-order valence-electron chi connectivity index (χ4n) is 2.29. The van der Waals surface area contributed by atoms with Crippen molar-refractivity contribution in [3.05, 3.63) is 11.3 Å². The first-order chi connectivity index (χ1) is 8.49. The second-order valence-corrected chi connectivity index (χ2v) is 6.60. The topological polar surface area (TPSA) is 63.2 Å². The predicted octanol–water partition coefficient (Wildman–Crippen LogP) is 1.76. The van der Waals surface area contributed by atoms with Gasteiger partial charge in [-0.3, -0.25) is 4.99 Å². The maximum Gasteiger partial charge on any atom is 0.405 e. The summed E-state index contributed by atoms with van der Waals surface area (Å²) >= 11 is 0. The summed E-state index contributed by atoms with van der Waals surface area (Å²) in [6.45, 7) is 4.91. The standard InChI is InChI=1S/C11H20N3O3P/c1-8-9(2)12-7-14-6-10(5-11(8)14)13-18(15,16-3)17-4/h7,9-10H,5-6H2,1-4H3,(H,13,15). The van der Waals surface area contributed by atoms with E-state index >= 15 is 0 Å². The predicted molar refractivity (Wildman–Crippen MR) is 70.5 cm³/mol. The van der Waals surface area contributed by atoms with Crippen LogP contribution in [0.4, 0.5) is 0 Å². The lowest BCUT2D eigenvalue weighted by atomic mass is 10.1. The molecule has 0 aromatic rings. The highest BCUT2D eigenvalue weighted by atomic mass is 31.2. The lowest BCUT2D eigenvalue weighted by Gasteiger charge is -2.24. The Kier molecular flexibility index (Phi) is 3.92. The maximum absolute atomic E-state index is 12.0. The Labute approximate surface area is 108 Å². The van der Waals surface area contributed by atoms with Crippen LogP contribution in [-0.4, -0.2) is 44.1 Å². The first kappa shape index (κ1) is 13.7. The number of aliphatic imine (C=N–C) groups is 1. The monoisotopic (exact) mass is 273 g/mol. The second kappa shape index (κ2) is 5.13. The number of rotatable bonds is 4. The quantitative estimate of drug-likeness (QED) is 0.791. The molecule has 1 N–H and O–H groups in total. The van der Waals surface area contributed by atoms with Crippen LogP contribution in [0.25, 0.3) is 0 Å². The summed E-state index contributed by atoms with van der Waals surface area (Å²) in [5.41, 5.74) is 2.53. The van der Waals surface area contributed by atoms with Gasteiger partial charge in [0.25, 0.3) is 0 Å². The Bertz CT molecular complexity index is 427. The van der Waals surface area contributed by atoms with Gasteiger partial charge in [-0.15, -0.1) is 0 Å². The van der Waals surface area contributed by atoms with Gasteiger partial charge in [0.05, 0.1) is 12.4 Å². The molecule has 2 rings (SSSR count). The van der Waals surface area contributed by atoms with E-state index in [1.165, 1.54) is 25.5 Å². The lowest BCUT2D eigenvalue weighted by Crippen LogP contribution is -2.31. The molecule has 18 heavy (non-hydrogen) atoms. The number of fused-ring (bicyclic) bond motifs is 1. The average molecular weight is 273 g/mol. The molecule has 7 heteroatoms. The molecule has 0 spiro atoms. The van der Waals surface area contributed by atoms with E-state index in [1.807, 2.05) is 6.34 Å². The van der Waals surface area contributed by atoms with Crippen LogP contribution in [-0.2, 0) is 13.6 Å². The van der Waals surface area contributed by atoms with Crippen molar-refractivity contribution in [3.63, 3.8) is 0 Å². The summed E-state index contributed by atoms with van der Waals surface area (Å²) in [4.78, 5) is 6.51. The van der Waals surface area contributed by atoms with Gasteiger partial charge in [0.2, 0.25) is 0 Å². The van der Waals surface area contributed by atoms with Crippen molar-refractivity contribution < 1.29 is 13.6 Å². The van der Waals surface area contributed by atoms with Gasteiger partial charge in [0.15, 0.2) is 0 Å². The van der Waals surface area contributed by atoms with Crippen molar-refractivity contribution in [3.8, 4) is 0 Å². The Morgan fingerprint density at radius 2 is 2.17 bits per heavy atom. The average Bonchev–Trinajstić information content (AvgIpc) is 2.77. The highest BCUT2D eigenvalue weighted by Gasteiger charge is 2.35. The van der Waals surface area contributed by atoms with E-state index < -0.39 is 7.75 Å². The normalized spacial score (nSPS) is 27.9. The van der Waals surface area contributed by atoms with Gasteiger partial charge < -0.3 is 13.9 Å². The van der Waals surface area contributed by atoms with Crippen molar-refractivity contribution in [1.82, 2.24) is 9.99 Å². The van der Waals surface area contributed by atoms with Gasteiger partial charge in [-0.2, -0.15) is 0 Å². The molecule has 0 aromatic heterocycles. The molecule has 2 aliphatic heterocycles. The lowest BCUT2D eigenvalue weighted by molar-refractivity contribution is 0.259. The van der Waals surface area contributed by atoms with Crippen molar-refractivity contribution in [2.24, 2.45) is 4.99 Å². The molecule has 0 radical (unpaired) electrons. The Morgan fingerprint density at radius 3 is 2.78 bits per heavy atom. The molecule has 0 bridgehead atoms. The molecular weight excluding hydrogens is 253 g/mol. The van der Waals surface area contributed by atoms with Crippen LogP contribution in [0.15, 0.2) is 16.3 Å². The molecule has 0 aromatic carbocycles. The van der Waals surface area contributed by atoms with Gasteiger partial charge >= 0.3 is 7.75 Å². The molecule has 2 atom stereocenters. The SMILES string of the molecule is COP(=O)(NC1CC2=C(C)C(C)N=CN2C1)OC. The maximum atomic E-state index is 12.0. The number of nitrogens with zero attached hydrogens (tertiary/aromatic N) is 2. The minimum atomic E-state index is -3.16. The van der Waals surface area contributed by atoms with Crippen LogP contribution in [0.3, 0.4) is 0 Å². The molecule has 1 fully saturated rings. The third kappa shape index (κ3) is 2.52. The molecule has 2 aliphatic rings. The molecule has 0 aliphatic carbocycles. The van der Waals surface area contributed by atoms with Crippen LogP contribution < -0.4 is 5.09 Å². The zero-order valence-corrected chi connectivity index (χ0v) is 12.1. The van der Waals surface area contributed by atoms with E-state index in [1.54, 1.807) is 0 Å². The van der Waals surface area contributed by atoms with Crippen LogP contribution in [0.2, 0.25) is 0 Å². The Morgan fingerprint density at radius 1 is 1.50 bits per heavy atom. The van der Waals surface area contributed by atoms with Gasteiger partial charge in [0.1, 0.15) is 0 Å². The summed E-state index contributed by atoms with van der Waals surface area (Å²) < 4.78 is 21.8. The first-order valence-corrected chi connectivity index (χ1v) is 7.52. The van der Waals surface area contributed by atoms with E-state index in [0.29, 0.717) is 0 Å². The largest absolute Gasteiger partial charge is 0.405 e. The van der Waals surface area contributed by atoms with Crippen molar-refractivity contribution in [1.29, 1.82) is 0 Å². The first-order valence-electron chi connectivity index (χ1n) is 5.98. The fraction of sp³-hybridized carbons (Fsp3) is 0.727. The molecule has 6 nitrogen and oxygen atoms in total. The molecular formula is C11H20N3O3P. The summed E-state index contributed by atoms with van der Waals surface area (Å²) in [6, 6.07) is 0.282. The van der Waals surface area contributed by atoms with Gasteiger partial charge in [-0.25, -0.2) is 9.65 Å². The van der Waals surface area contributed by atoms with Crippen LogP contribution in [0.1, 0.15) is 20.3 Å². The number of hydrogen-bond acceptors (Lipinski definition) is 5. The molecule has 0 saturated carbocycles. The molecule has 2 heterocycles. The third-order valence-corrected chi connectivity index (χ3v) is 5.18. The second-order valence-electron chi connectivity index (χ2n) is 4.62. The Balaban J connectivity index is 2.09. The summed E-state index contributed by atoms with van der Waals surface area (Å²) in [5.74, 6) is 0. The smallest absolute Gasteiger partial charge is 0.335 e. The zero-order chi connectivity index (χ0) is 13.3. The van der Waals surface area contributed by atoms with E-state index in [2.05, 4.69) is 28.8 Å². The fourth-order valence-corrected chi connectivity index (χ4v) is 3.27. The highest BCUT2D eigenvalue weighted by molar-refractivity contribution is 7.51. The molecule has 0 amide bonds. The van der Waals surface area contributed by atoms with E-state index in [4.69, 9.17) is 9.05 Å². The zero-order valence-electron chi connectivity index (χ0n) is 11.2. The van der Waals surface area contributed by atoms with Crippen molar-refractivity contribution in [2.75, 3.05) is 20.8 Å². The van der Waals surface area contributed by atoms with Gasteiger partial charge in [-0.1, -0.05) is 0 Å². The number of nitrogens with one attached hydrogen (secondary N) is 1. The van der Waals surface area contributed by atoms with Gasteiger partial charge in [0, 0.05) is 38.9 Å². The molecule has 2 unspecified atom stereocenters. The minimum absolute atomic E-state index is 0.0532. The van der Waals surface area contributed by atoms with Crippen molar-refractivity contribution >= 4 is 14.1 Å². The van der Waals surface area contributed by atoms with Crippen LogP contribution in [0, 0.1) is 0 Å². The van der Waals surface area contributed by atoms with Crippen LogP contribution >= 0.6 is 7.75 Å². The minimum Gasteiger partial charge on any atom is -0.335 e. The summed E-state index contributed by atoms with van der Waals surface area (Å²) in [6.07, 6.45) is 2.68. The van der Waals surface area contributed by atoms with E-state index in [0.717, 1.165) is 13.0 Å². The third-order valence-electron chi connectivity index (χ3n) is 3.54. The van der Waals surface area contributed by atoms with Crippen molar-refractivity contribution in [2.45, 2.75) is 32.4 Å². The van der Waals surface area contributed by atoms with Crippen LogP contribution in [0.5, 0.6) is 0 Å². The Hall–Kier alpha value is -0.680. The number of hydrogen-bond donors (Lipinski definition) is 1. The summed E-state index contributed by atoms with van der Waals surface area (Å²) in [5, 5.41) is 2.96. The highest BCUT2D eigenvalue weighted by Crippen LogP contribution is 2.44. The summed E-state index contributed by atoms with van der Waals surface area (Å²) in [7, 11) is -0.398. The van der Waals surface area contributed by atoms with Gasteiger partial charge in [-0.05, 0) is 19.4 Å². The molecule has 1 saturated heterocycles.